The van der Waals surface area contributed by atoms with Crippen molar-refractivity contribution in [3.05, 3.63) is 27.7 Å². The van der Waals surface area contributed by atoms with Crippen molar-refractivity contribution in [2.24, 2.45) is 0 Å². The molecule has 0 saturated heterocycles. The smallest absolute Gasteiger partial charge is 0.120 e. The van der Waals surface area contributed by atoms with E-state index in [4.69, 9.17) is 4.74 Å². The molecule has 0 atom stereocenters. The molecule has 2 rings (SSSR count). The van der Waals surface area contributed by atoms with Gasteiger partial charge in [-0.1, -0.05) is 15.9 Å². The minimum atomic E-state index is 0. The monoisotopic (exact) mass is 277 g/mol. The van der Waals surface area contributed by atoms with Gasteiger partial charge in [-0.2, -0.15) is 0 Å². The molecular formula is C10H13BrClNO. The number of nitrogens with one attached hydrogen (secondary N) is 1. The van der Waals surface area contributed by atoms with Crippen LogP contribution in [0.15, 0.2) is 16.6 Å². The maximum atomic E-state index is 5.21. The van der Waals surface area contributed by atoms with E-state index in [2.05, 4.69) is 27.3 Å². The summed E-state index contributed by atoms with van der Waals surface area (Å²) < 4.78 is 6.36. The van der Waals surface area contributed by atoms with E-state index in [-0.39, 0.29) is 12.4 Å². The average molecular weight is 279 g/mol. The molecule has 1 N–H and O–H groups in total. The second-order valence-corrected chi connectivity index (χ2v) is 4.03. The average Bonchev–Trinajstić information content (AvgIpc) is 2.18. The molecular weight excluding hydrogens is 265 g/mol. The third-order valence-corrected chi connectivity index (χ3v) is 3.08. The van der Waals surface area contributed by atoms with E-state index in [0.29, 0.717) is 0 Å². The molecule has 1 aliphatic rings. The molecule has 4 heteroatoms. The number of ether oxygens (including phenoxy) is 1. The topological polar surface area (TPSA) is 21.3 Å². The van der Waals surface area contributed by atoms with E-state index in [9.17, 15) is 0 Å². The van der Waals surface area contributed by atoms with Crippen molar-refractivity contribution in [1.82, 2.24) is 5.32 Å². The van der Waals surface area contributed by atoms with Crippen LogP contribution in [-0.4, -0.2) is 13.7 Å². The van der Waals surface area contributed by atoms with Crippen molar-refractivity contribution in [1.29, 1.82) is 0 Å². The van der Waals surface area contributed by atoms with Gasteiger partial charge in [0.1, 0.15) is 5.75 Å². The van der Waals surface area contributed by atoms with E-state index < -0.39 is 0 Å². The quantitative estimate of drug-likeness (QED) is 0.852. The Balaban J connectivity index is 0.000000980. The Hall–Kier alpha value is -0.250. The molecule has 0 bridgehead atoms. The molecule has 0 aromatic heterocycles. The zero-order chi connectivity index (χ0) is 9.26. The SMILES string of the molecule is COc1cc(Br)c2c(c1)CCNC2.Cl. The van der Waals surface area contributed by atoms with Gasteiger partial charge in [0.15, 0.2) is 0 Å². The predicted molar refractivity (Wildman–Crippen MR) is 63.4 cm³/mol. The Labute approximate surface area is 98.6 Å². The van der Waals surface area contributed by atoms with E-state index in [1.807, 2.05) is 6.07 Å². The first-order valence-electron chi connectivity index (χ1n) is 4.37. The van der Waals surface area contributed by atoms with Crippen LogP contribution in [0.3, 0.4) is 0 Å². The summed E-state index contributed by atoms with van der Waals surface area (Å²) in [5, 5.41) is 3.35. The second kappa shape index (κ2) is 5.01. The largest absolute Gasteiger partial charge is 0.497 e. The lowest BCUT2D eigenvalue weighted by Crippen LogP contribution is -2.23. The molecule has 0 saturated carbocycles. The minimum Gasteiger partial charge on any atom is -0.497 e. The number of fused-ring (bicyclic) bond motifs is 1. The Morgan fingerprint density at radius 2 is 2.21 bits per heavy atom. The Bertz CT molecular complexity index is 330. The van der Waals surface area contributed by atoms with Crippen LogP contribution in [0.1, 0.15) is 11.1 Å². The van der Waals surface area contributed by atoms with Crippen molar-refractivity contribution in [2.45, 2.75) is 13.0 Å². The van der Waals surface area contributed by atoms with Gasteiger partial charge < -0.3 is 10.1 Å². The zero-order valence-corrected chi connectivity index (χ0v) is 10.4. The molecule has 1 aliphatic heterocycles. The highest BCUT2D eigenvalue weighted by atomic mass is 79.9. The van der Waals surface area contributed by atoms with Crippen LogP contribution in [0.5, 0.6) is 5.75 Å². The molecule has 0 unspecified atom stereocenters. The molecule has 1 aromatic carbocycles. The van der Waals surface area contributed by atoms with Gasteiger partial charge in [-0.3, -0.25) is 0 Å². The summed E-state index contributed by atoms with van der Waals surface area (Å²) >= 11 is 3.55. The first-order chi connectivity index (χ1) is 6.31. The maximum Gasteiger partial charge on any atom is 0.120 e. The second-order valence-electron chi connectivity index (χ2n) is 3.17. The van der Waals surface area contributed by atoms with Crippen LogP contribution in [0, 0.1) is 0 Å². The normalized spacial score (nSPS) is 14.1. The van der Waals surface area contributed by atoms with Crippen LogP contribution < -0.4 is 10.1 Å². The molecule has 14 heavy (non-hydrogen) atoms. The van der Waals surface area contributed by atoms with Crippen LogP contribution in [-0.2, 0) is 13.0 Å². The first-order valence-corrected chi connectivity index (χ1v) is 5.16. The molecule has 0 spiro atoms. The summed E-state index contributed by atoms with van der Waals surface area (Å²) in [6.45, 7) is 2.02. The highest BCUT2D eigenvalue weighted by Gasteiger charge is 2.12. The van der Waals surface area contributed by atoms with Gasteiger partial charge in [-0.15, -0.1) is 12.4 Å². The van der Waals surface area contributed by atoms with E-state index in [0.717, 1.165) is 29.7 Å². The van der Waals surface area contributed by atoms with Crippen LogP contribution >= 0.6 is 28.3 Å². The van der Waals surface area contributed by atoms with E-state index in [1.165, 1.54) is 11.1 Å². The number of halogens is 2. The molecule has 2 nitrogen and oxygen atoms in total. The predicted octanol–water partition coefficient (Wildman–Crippen LogP) is 2.53. The van der Waals surface area contributed by atoms with Gasteiger partial charge in [-0.05, 0) is 36.2 Å². The zero-order valence-electron chi connectivity index (χ0n) is 7.97. The van der Waals surface area contributed by atoms with Crippen molar-refractivity contribution in [3.8, 4) is 5.75 Å². The fraction of sp³-hybridized carbons (Fsp3) is 0.400. The first kappa shape index (κ1) is 11.8. The standard InChI is InChI=1S/C10H12BrNO.ClH/c1-13-8-4-7-2-3-12-6-9(7)10(11)5-8;/h4-5,12H,2-3,6H2,1H3;1H. The maximum absolute atomic E-state index is 5.21. The number of hydrogen-bond donors (Lipinski definition) is 1. The number of benzene rings is 1. The third-order valence-electron chi connectivity index (χ3n) is 2.37. The van der Waals surface area contributed by atoms with Crippen LogP contribution in [0.25, 0.3) is 0 Å². The molecule has 0 amide bonds. The lowest BCUT2D eigenvalue weighted by Gasteiger charge is -2.19. The fourth-order valence-corrected chi connectivity index (χ4v) is 2.26. The van der Waals surface area contributed by atoms with E-state index >= 15 is 0 Å². The summed E-state index contributed by atoms with van der Waals surface area (Å²) in [6, 6.07) is 4.15. The van der Waals surface area contributed by atoms with Gasteiger partial charge in [0, 0.05) is 11.0 Å². The van der Waals surface area contributed by atoms with Gasteiger partial charge in [0.05, 0.1) is 7.11 Å². The Kier molecular flexibility index (Phi) is 4.23. The number of hydrogen-bond acceptors (Lipinski definition) is 2. The minimum absolute atomic E-state index is 0. The molecule has 1 aromatic rings. The van der Waals surface area contributed by atoms with Gasteiger partial charge >= 0.3 is 0 Å². The number of rotatable bonds is 1. The summed E-state index contributed by atoms with van der Waals surface area (Å²) in [5.41, 5.74) is 2.76. The lowest BCUT2D eigenvalue weighted by molar-refractivity contribution is 0.413. The number of methoxy groups -OCH3 is 1. The highest BCUT2D eigenvalue weighted by molar-refractivity contribution is 9.10. The third kappa shape index (κ3) is 2.22. The van der Waals surface area contributed by atoms with Gasteiger partial charge in [0.2, 0.25) is 0 Å². The van der Waals surface area contributed by atoms with Crippen molar-refractivity contribution >= 4 is 28.3 Å². The summed E-state index contributed by atoms with van der Waals surface area (Å²) in [4.78, 5) is 0. The van der Waals surface area contributed by atoms with Crippen LogP contribution in [0.2, 0.25) is 0 Å². The Morgan fingerprint density at radius 1 is 1.43 bits per heavy atom. The molecule has 0 fully saturated rings. The molecule has 0 radical (unpaired) electrons. The highest BCUT2D eigenvalue weighted by Crippen LogP contribution is 2.28. The van der Waals surface area contributed by atoms with Crippen LogP contribution in [0.4, 0.5) is 0 Å². The Morgan fingerprint density at radius 3 is 2.93 bits per heavy atom. The van der Waals surface area contributed by atoms with Crippen molar-refractivity contribution in [3.63, 3.8) is 0 Å². The summed E-state index contributed by atoms with van der Waals surface area (Å²) in [6.07, 6.45) is 1.09. The molecule has 1 heterocycles. The van der Waals surface area contributed by atoms with Crippen molar-refractivity contribution in [2.75, 3.05) is 13.7 Å². The molecule has 78 valence electrons. The lowest BCUT2D eigenvalue weighted by atomic mass is 10.0. The summed E-state index contributed by atoms with van der Waals surface area (Å²) in [5.74, 6) is 0.938. The summed E-state index contributed by atoms with van der Waals surface area (Å²) in [7, 11) is 1.70. The molecule has 0 aliphatic carbocycles. The van der Waals surface area contributed by atoms with E-state index in [1.54, 1.807) is 7.11 Å². The van der Waals surface area contributed by atoms with Gasteiger partial charge in [0.25, 0.3) is 0 Å². The fourth-order valence-electron chi connectivity index (χ4n) is 1.64. The van der Waals surface area contributed by atoms with Crippen molar-refractivity contribution < 1.29 is 4.74 Å². The van der Waals surface area contributed by atoms with Gasteiger partial charge in [-0.25, -0.2) is 0 Å².